The molecule has 1 unspecified atom stereocenters. The summed E-state index contributed by atoms with van der Waals surface area (Å²) in [6.45, 7) is 2.10. The number of hydrogen-bond donors (Lipinski definition) is 0. The van der Waals surface area contributed by atoms with Crippen LogP contribution < -0.4 is 0 Å². The number of β-lactam (4-membered cyclic amide) rings is 1. The van der Waals surface area contributed by atoms with Crippen molar-refractivity contribution >= 4 is 5.91 Å². The minimum atomic E-state index is 0.132. The Balaban J connectivity index is 1.85. The van der Waals surface area contributed by atoms with Gasteiger partial charge in [0.15, 0.2) is 0 Å². The minimum absolute atomic E-state index is 0.132. The summed E-state index contributed by atoms with van der Waals surface area (Å²) in [5.41, 5.74) is 2.42. The zero-order valence-electron chi connectivity index (χ0n) is 11.0. The molecular formula is C17H17NO. The van der Waals surface area contributed by atoms with E-state index in [9.17, 15) is 4.79 Å². The van der Waals surface area contributed by atoms with Crippen LogP contribution in [0.5, 0.6) is 0 Å². The van der Waals surface area contributed by atoms with E-state index in [2.05, 4.69) is 31.2 Å². The van der Waals surface area contributed by atoms with E-state index in [0.29, 0.717) is 6.42 Å². The number of carbonyl (C=O) groups excluding carboxylic acids is 1. The van der Waals surface area contributed by atoms with Crippen molar-refractivity contribution in [3.8, 4) is 0 Å². The molecule has 96 valence electrons. The first-order valence-electron chi connectivity index (χ1n) is 6.68. The van der Waals surface area contributed by atoms with Gasteiger partial charge in [-0.1, -0.05) is 60.7 Å². The van der Waals surface area contributed by atoms with Crippen LogP contribution in [0, 0.1) is 0 Å². The second-order valence-electron chi connectivity index (χ2n) is 5.02. The third kappa shape index (κ3) is 2.14. The first-order valence-corrected chi connectivity index (χ1v) is 6.68. The summed E-state index contributed by atoms with van der Waals surface area (Å²) in [6, 6.07) is 20.8. The molecule has 2 aromatic carbocycles. The van der Waals surface area contributed by atoms with Gasteiger partial charge in [0.25, 0.3) is 0 Å². The predicted molar refractivity (Wildman–Crippen MR) is 75.5 cm³/mol. The van der Waals surface area contributed by atoms with Crippen LogP contribution in [0.1, 0.15) is 36.6 Å². The van der Waals surface area contributed by atoms with E-state index in [1.165, 1.54) is 11.1 Å². The number of amides is 1. The van der Waals surface area contributed by atoms with Crippen LogP contribution in [0.25, 0.3) is 0 Å². The van der Waals surface area contributed by atoms with Gasteiger partial charge in [-0.25, -0.2) is 0 Å². The highest BCUT2D eigenvalue weighted by Gasteiger charge is 2.40. The summed E-state index contributed by atoms with van der Waals surface area (Å²) in [4.78, 5) is 13.9. The first kappa shape index (κ1) is 12.0. The van der Waals surface area contributed by atoms with Crippen molar-refractivity contribution in [3.05, 3.63) is 71.8 Å². The quantitative estimate of drug-likeness (QED) is 0.761. The smallest absolute Gasteiger partial charge is 0.226 e. The highest BCUT2D eigenvalue weighted by molar-refractivity contribution is 5.84. The lowest BCUT2D eigenvalue weighted by Crippen LogP contribution is -2.47. The molecular weight excluding hydrogens is 234 g/mol. The standard InChI is InChI=1S/C17H17NO/c1-13(14-8-4-2-5-9-14)18-16(12-17(18)19)15-10-6-3-7-11-15/h2-11,13,16H,12H2,1H3/t13?,16-/m1/s1. The van der Waals surface area contributed by atoms with Gasteiger partial charge in [-0.2, -0.15) is 0 Å². The SMILES string of the molecule is CC(c1ccccc1)N1C(=O)C[C@@H]1c1ccccc1. The third-order valence-electron chi connectivity index (χ3n) is 3.88. The molecule has 1 saturated heterocycles. The molecule has 2 heteroatoms. The zero-order valence-corrected chi connectivity index (χ0v) is 11.0. The van der Waals surface area contributed by atoms with E-state index in [4.69, 9.17) is 0 Å². The van der Waals surface area contributed by atoms with E-state index in [1.807, 2.05) is 41.3 Å². The molecule has 2 aromatic rings. The van der Waals surface area contributed by atoms with Crippen LogP contribution in [0.4, 0.5) is 0 Å². The van der Waals surface area contributed by atoms with Gasteiger partial charge in [-0.3, -0.25) is 4.79 Å². The lowest BCUT2D eigenvalue weighted by atomic mass is 9.90. The summed E-state index contributed by atoms with van der Waals surface area (Å²) < 4.78 is 0. The Kier molecular flexibility index (Phi) is 3.08. The zero-order chi connectivity index (χ0) is 13.2. The van der Waals surface area contributed by atoms with Gasteiger partial charge in [0, 0.05) is 0 Å². The van der Waals surface area contributed by atoms with E-state index in [0.717, 1.165) is 0 Å². The molecule has 3 rings (SSSR count). The van der Waals surface area contributed by atoms with E-state index >= 15 is 0 Å². The fraction of sp³-hybridized carbons (Fsp3) is 0.235. The van der Waals surface area contributed by atoms with Crippen LogP contribution in [0.2, 0.25) is 0 Å². The Morgan fingerprint density at radius 2 is 1.58 bits per heavy atom. The molecule has 0 aliphatic carbocycles. The van der Waals surface area contributed by atoms with Gasteiger partial charge in [0.2, 0.25) is 5.91 Å². The van der Waals surface area contributed by atoms with Crippen molar-refractivity contribution in [3.63, 3.8) is 0 Å². The number of nitrogens with zero attached hydrogens (tertiary/aromatic N) is 1. The van der Waals surface area contributed by atoms with Crippen molar-refractivity contribution < 1.29 is 4.79 Å². The largest absolute Gasteiger partial charge is 0.328 e. The molecule has 2 nitrogen and oxygen atoms in total. The topological polar surface area (TPSA) is 20.3 Å². The van der Waals surface area contributed by atoms with Crippen molar-refractivity contribution in [1.29, 1.82) is 0 Å². The van der Waals surface area contributed by atoms with Crippen molar-refractivity contribution in [2.45, 2.75) is 25.4 Å². The van der Waals surface area contributed by atoms with Crippen LogP contribution in [0.3, 0.4) is 0 Å². The number of likely N-dealkylation sites (tertiary alicyclic amines) is 1. The maximum Gasteiger partial charge on any atom is 0.226 e. The molecule has 0 N–H and O–H groups in total. The molecule has 0 radical (unpaired) electrons. The summed E-state index contributed by atoms with van der Waals surface area (Å²) in [5, 5.41) is 0. The first-order chi connectivity index (χ1) is 9.27. The highest BCUT2D eigenvalue weighted by Crippen LogP contribution is 2.40. The fourth-order valence-electron chi connectivity index (χ4n) is 2.76. The molecule has 19 heavy (non-hydrogen) atoms. The van der Waals surface area contributed by atoms with Gasteiger partial charge < -0.3 is 4.90 Å². The number of hydrogen-bond acceptors (Lipinski definition) is 1. The molecule has 1 amide bonds. The fourth-order valence-corrected chi connectivity index (χ4v) is 2.76. The molecule has 1 aliphatic heterocycles. The lowest BCUT2D eigenvalue weighted by molar-refractivity contribution is -0.150. The number of carbonyl (C=O) groups is 1. The van der Waals surface area contributed by atoms with Crippen LogP contribution in [0.15, 0.2) is 60.7 Å². The van der Waals surface area contributed by atoms with Gasteiger partial charge in [-0.05, 0) is 18.1 Å². The average Bonchev–Trinajstić information content (AvgIpc) is 2.46. The molecule has 1 fully saturated rings. The van der Waals surface area contributed by atoms with E-state index < -0.39 is 0 Å². The van der Waals surface area contributed by atoms with Gasteiger partial charge in [-0.15, -0.1) is 0 Å². The molecule has 0 spiro atoms. The van der Waals surface area contributed by atoms with E-state index in [-0.39, 0.29) is 18.0 Å². The van der Waals surface area contributed by atoms with Crippen LogP contribution >= 0.6 is 0 Å². The Hall–Kier alpha value is -2.09. The lowest BCUT2D eigenvalue weighted by Gasteiger charge is -2.45. The maximum atomic E-state index is 12.0. The average molecular weight is 251 g/mol. The normalized spacial score (nSPS) is 19.9. The third-order valence-corrected chi connectivity index (χ3v) is 3.88. The van der Waals surface area contributed by atoms with E-state index in [1.54, 1.807) is 0 Å². The van der Waals surface area contributed by atoms with Gasteiger partial charge >= 0.3 is 0 Å². The maximum absolute atomic E-state index is 12.0. The van der Waals surface area contributed by atoms with Gasteiger partial charge in [0.1, 0.15) is 0 Å². The molecule has 2 atom stereocenters. The second-order valence-corrected chi connectivity index (χ2v) is 5.02. The van der Waals surface area contributed by atoms with Crippen LogP contribution in [-0.2, 0) is 4.79 Å². The number of rotatable bonds is 3. The van der Waals surface area contributed by atoms with Crippen molar-refractivity contribution in [2.75, 3.05) is 0 Å². The molecule has 1 aliphatic rings. The summed E-state index contributed by atoms with van der Waals surface area (Å²) in [5.74, 6) is 0.241. The Bertz CT molecular complexity index is 523. The summed E-state index contributed by atoms with van der Waals surface area (Å²) >= 11 is 0. The Morgan fingerprint density at radius 3 is 2.16 bits per heavy atom. The monoisotopic (exact) mass is 251 g/mol. The second kappa shape index (κ2) is 4.88. The molecule has 0 saturated carbocycles. The molecule has 1 heterocycles. The van der Waals surface area contributed by atoms with Crippen molar-refractivity contribution in [1.82, 2.24) is 4.90 Å². The highest BCUT2D eigenvalue weighted by atomic mass is 16.2. The molecule has 0 bridgehead atoms. The van der Waals surface area contributed by atoms with Crippen LogP contribution in [-0.4, -0.2) is 10.8 Å². The minimum Gasteiger partial charge on any atom is -0.328 e. The Morgan fingerprint density at radius 1 is 1.00 bits per heavy atom. The summed E-state index contributed by atoms with van der Waals surface area (Å²) in [7, 11) is 0. The molecule has 0 aromatic heterocycles. The van der Waals surface area contributed by atoms with Crippen molar-refractivity contribution in [2.24, 2.45) is 0 Å². The summed E-state index contributed by atoms with van der Waals surface area (Å²) in [6.07, 6.45) is 0.626. The predicted octanol–water partition coefficient (Wildman–Crippen LogP) is 3.72. The van der Waals surface area contributed by atoms with Gasteiger partial charge in [0.05, 0.1) is 18.5 Å². The number of benzene rings is 2. The Labute approximate surface area is 113 Å².